The van der Waals surface area contributed by atoms with E-state index >= 15 is 0 Å². The summed E-state index contributed by atoms with van der Waals surface area (Å²) in [5, 5.41) is 3.98. The van der Waals surface area contributed by atoms with Crippen molar-refractivity contribution in [1.82, 2.24) is 5.43 Å². The van der Waals surface area contributed by atoms with Crippen LogP contribution < -0.4 is 14.9 Å². The lowest BCUT2D eigenvalue weighted by Crippen LogP contribution is -2.19. The fraction of sp³-hybridized carbons (Fsp3) is 0.130. The minimum Gasteiger partial charge on any atom is -0.493 e. The van der Waals surface area contributed by atoms with Gasteiger partial charge in [0.15, 0.2) is 11.5 Å². The number of benzene rings is 3. The van der Waals surface area contributed by atoms with Crippen molar-refractivity contribution >= 4 is 12.1 Å². The van der Waals surface area contributed by atoms with Gasteiger partial charge in [-0.2, -0.15) is 5.10 Å². The number of ether oxygens (including phenoxy) is 2. The summed E-state index contributed by atoms with van der Waals surface area (Å²) in [5.41, 5.74) is 4.96. The number of carbonyl (C=O) groups excluding carboxylic acids is 1. The van der Waals surface area contributed by atoms with Gasteiger partial charge in [-0.1, -0.05) is 42.5 Å². The predicted octanol–water partition coefficient (Wildman–Crippen LogP) is 4.11. The molecule has 0 radical (unpaired) electrons. The molecule has 6 heteroatoms. The van der Waals surface area contributed by atoms with E-state index in [-0.39, 0.29) is 18.1 Å². The Bertz CT molecular complexity index is 973. The van der Waals surface area contributed by atoms with Crippen molar-refractivity contribution in [1.29, 1.82) is 0 Å². The number of amides is 1. The van der Waals surface area contributed by atoms with E-state index in [2.05, 4.69) is 10.5 Å². The van der Waals surface area contributed by atoms with E-state index in [4.69, 9.17) is 9.47 Å². The molecule has 3 rings (SSSR count). The average molecular weight is 392 g/mol. The first-order valence-corrected chi connectivity index (χ1v) is 9.05. The molecule has 0 bridgehead atoms. The summed E-state index contributed by atoms with van der Waals surface area (Å²) in [6.45, 7) is 0.409. The maximum absolute atomic E-state index is 12.9. The lowest BCUT2D eigenvalue weighted by molar-refractivity contribution is -0.120. The molecule has 29 heavy (non-hydrogen) atoms. The van der Waals surface area contributed by atoms with Crippen molar-refractivity contribution in [3.8, 4) is 11.5 Å². The second kappa shape index (κ2) is 10.0. The maximum Gasteiger partial charge on any atom is 0.244 e. The highest BCUT2D eigenvalue weighted by atomic mass is 19.1. The van der Waals surface area contributed by atoms with E-state index < -0.39 is 0 Å². The van der Waals surface area contributed by atoms with Crippen LogP contribution in [0, 0.1) is 5.82 Å². The summed E-state index contributed by atoms with van der Waals surface area (Å²) >= 11 is 0. The topological polar surface area (TPSA) is 59.9 Å². The van der Waals surface area contributed by atoms with Crippen LogP contribution in [0.15, 0.2) is 77.9 Å². The number of carbonyl (C=O) groups is 1. The molecule has 0 saturated heterocycles. The first-order valence-electron chi connectivity index (χ1n) is 9.05. The highest BCUT2D eigenvalue weighted by Gasteiger charge is 2.06. The van der Waals surface area contributed by atoms with Crippen molar-refractivity contribution in [2.24, 2.45) is 5.10 Å². The molecule has 0 unspecified atom stereocenters. The molecule has 1 N–H and O–H groups in total. The molecule has 5 nitrogen and oxygen atoms in total. The Kier molecular flexibility index (Phi) is 6.95. The van der Waals surface area contributed by atoms with Gasteiger partial charge < -0.3 is 9.47 Å². The summed E-state index contributed by atoms with van der Waals surface area (Å²) in [7, 11) is 1.58. The first-order chi connectivity index (χ1) is 14.1. The summed E-state index contributed by atoms with van der Waals surface area (Å²) in [6, 6.07) is 21.0. The normalized spacial score (nSPS) is 10.7. The molecule has 0 aromatic heterocycles. The summed E-state index contributed by atoms with van der Waals surface area (Å²) in [4.78, 5) is 12.0. The van der Waals surface area contributed by atoms with Crippen molar-refractivity contribution in [3.05, 3.63) is 95.3 Å². The minimum absolute atomic E-state index is 0.117. The Morgan fingerprint density at radius 2 is 1.76 bits per heavy atom. The number of nitrogens with one attached hydrogen (secondary N) is 1. The average Bonchev–Trinajstić information content (AvgIpc) is 2.75. The molecule has 3 aromatic carbocycles. The Balaban J connectivity index is 1.59. The van der Waals surface area contributed by atoms with Crippen molar-refractivity contribution in [2.45, 2.75) is 13.0 Å². The number of hydrogen-bond donors (Lipinski definition) is 1. The second-order valence-electron chi connectivity index (χ2n) is 6.28. The molecule has 148 valence electrons. The number of halogens is 1. The van der Waals surface area contributed by atoms with Gasteiger partial charge in [0.25, 0.3) is 0 Å². The maximum atomic E-state index is 12.9. The van der Waals surface area contributed by atoms with E-state index in [0.717, 1.165) is 11.1 Å². The molecule has 0 aliphatic rings. The predicted molar refractivity (Wildman–Crippen MR) is 110 cm³/mol. The lowest BCUT2D eigenvalue weighted by Gasteiger charge is -2.11. The summed E-state index contributed by atoms with van der Waals surface area (Å²) < 4.78 is 24.1. The zero-order valence-electron chi connectivity index (χ0n) is 16.0. The summed E-state index contributed by atoms with van der Waals surface area (Å²) in [5.74, 6) is 0.565. The van der Waals surface area contributed by atoms with Crippen LogP contribution in [0.5, 0.6) is 11.5 Å². The largest absolute Gasteiger partial charge is 0.493 e. The van der Waals surface area contributed by atoms with Gasteiger partial charge >= 0.3 is 0 Å². The van der Waals surface area contributed by atoms with E-state index in [0.29, 0.717) is 23.7 Å². The molecule has 0 saturated carbocycles. The van der Waals surface area contributed by atoms with Crippen LogP contribution in [-0.4, -0.2) is 19.2 Å². The molecule has 1 amide bonds. The van der Waals surface area contributed by atoms with E-state index in [1.54, 1.807) is 31.4 Å². The van der Waals surface area contributed by atoms with Crippen molar-refractivity contribution in [3.63, 3.8) is 0 Å². The van der Waals surface area contributed by atoms with Gasteiger partial charge in [-0.15, -0.1) is 0 Å². The molecule has 0 spiro atoms. The quantitative estimate of drug-likeness (QED) is 0.464. The molecular formula is C23H21FN2O3. The molecule has 0 aliphatic carbocycles. The zero-order chi connectivity index (χ0) is 20.5. The van der Waals surface area contributed by atoms with Crippen LogP contribution in [0.1, 0.15) is 16.7 Å². The van der Waals surface area contributed by atoms with Crippen LogP contribution in [0.25, 0.3) is 0 Å². The Labute approximate surface area is 168 Å². The third-order valence-corrected chi connectivity index (χ3v) is 4.11. The van der Waals surface area contributed by atoms with E-state index in [1.807, 2.05) is 36.4 Å². The number of hydrogen-bond acceptors (Lipinski definition) is 4. The third kappa shape index (κ3) is 6.17. The van der Waals surface area contributed by atoms with Gasteiger partial charge in [0.1, 0.15) is 12.4 Å². The smallest absolute Gasteiger partial charge is 0.244 e. The van der Waals surface area contributed by atoms with Gasteiger partial charge in [0.2, 0.25) is 5.91 Å². The SMILES string of the molecule is COc1ccc(/C=N/NC(=O)Cc2ccc(F)cc2)cc1OCc1ccccc1. The fourth-order valence-electron chi connectivity index (χ4n) is 2.63. The number of rotatable bonds is 8. The highest BCUT2D eigenvalue weighted by molar-refractivity contribution is 5.84. The lowest BCUT2D eigenvalue weighted by atomic mass is 10.1. The van der Waals surface area contributed by atoms with Crippen molar-refractivity contribution < 1.29 is 18.7 Å². The second-order valence-corrected chi connectivity index (χ2v) is 6.28. The van der Waals surface area contributed by atoms with Crippen LogP contribution >= 0.6 is 0 Å². The number of nitrogens with zero attached hydrogens (tertiary/aromatic N) is 1. The van der Waals surface area contributed by atoms with Gasteiger partial charge in [-0.05, 0) is 47.0 Å². The van der Waals surface area contributed by atoms with Crippen molar-refractivity contribution in [2.75, 3.05) is 7.11 Å². The van der Waals surface area contributed by atoms with Gasteiger partial charge in [0, 0.05) is 0 Å². The fourth-order valence-corrected chi connectivity index (χ4v) is 2.63. The first kappa shape index (κ1) is 20.1. The molecule has 0 fully saturated rings. The molecule has 0 heterocycles. The highest BCUT2D eigenvalue weighted by Crippen LogP contribution is 2.28. The third-order valence-electron chi connectivity index (χ3n) is 4.11. The van der Waals surface area contributed by atoms with Crippen LogP contribution in [0.2, 0.25) is 0 Å². The number of methoxy groups -OCH3 is 1. The Morgan fingerprint density at radius 3 is 2.48 bits per heavy atom. The molecule has 3 aromatic rings. The summed E-state index contributed by atoms with van der Waals surface area (Å²) in [6.07, 6.45) is 1.64. The minimum atomic E-state index is -0.336. The molecular weight excluding hydrogens is 371 g/mol. The van der Waals surface area contributed by atoms with Crippen LogP contribution in [0.4, 0.5) is 4.39 Å². The standard InChI is InChI=1S/C23H21FN2O3/c1-28-21-12-9-19(13-22(21)29-16-18-5-3-2-4-6-18)15-25-26-23(27)14-17-7-10-20(24)11-8-17/h2-13,15H,14,16H2,1H3,(H,26,27)/b25-15+. The Hall–Kier alpha value is -3.67. The molecule has 0 aliphatic heterocycles. The van der Waals surface area contributed by atoms with Gasteiger partial charge in [0.05, 0.1) is 19.7 Å². The molecule has 0 atom stereocenters. The van der Waals surface area contributed by atoms with E-state index in [9.17, 15) is 9.18 Å². The van der Waals surface area contributed by atoms with Gasteiger partial charge in [-0.25, -0.2) is 9.82 Å². The van der Waals surface area contributed by atoms with Crippen LogP contribution in [0.3, 0.4) is 0 Å². The monoisotopic (exact) mass is 392 g/mol. The Morgan fingerprint density at radius 1 is 1.00 bits per heavy atom. The number of hydrazone groups is 1. The van der Waals surface area contributed by atoms with Crippen LogP contribution in [-0.2, 0) is 17.8 Å². The van der Waals surface area contributed by atoms with E-state index in [1.165, 1.54) is 18.3 Å². The zero-order valence-corrected chi connectivity index (χ0v) is 16.0. The van der Waals surface area contributed by atoms with Gasteiger partial charge in [-0.3, -0.25) is 4.79 Å².